The lowest BCUT2D eigenvalue weighted by Crippen LogP contribution is -2.18. The molecule has 0 aliphatic rings. The molecule has 0 spiro atoms. The van der Waals surface area contributed by atoms with Gasteiger partial charge in [-0.05, 0) is 30.2 Å². The lowest BCUT2D eigenvalue weighted by Gasteiger charge is -2.22. The van der Waals surface area contributed by atoms with E-state index in [-0.39, 0.29) is 11.2 Å². The first-order chi connectivity index (χ1) is 6.99. The molecule has 0 heterocycles. The minimum absolute atomic E-state index is 0.186. The van der Waals surface area contributed by atoms with Gasteiger partial charge in [0.25, 0.3) is 0 Å². The number of hydrogen-bond acceptors (Lipinski definition) is 0. The van der Waals surface area contributed by atoms with E-state index in [1.165, 1.54) is 12.1 Å². The Morgan fingerprint density at radius 3 is 2.67 bits per heavy atom. The van der Waals surface area contributed by atoms with Crippen molar-refractivity contribution in [3.05, 3.63) is 46.7 Å². The summed E-state index contributed by atoms with van der Waals surface area (Å²) in [7, 11) is 0. The monoisotopic (exact) mass is 290 g/mol. The predicted octanol–water partition coefficient (Wildman–Crippen LogP) is 4.56. The molecule has 1 rings (SSSR count). The first-order valence-corrected chi connectivity index (χ1v) is 5.96. The van der Waals surface area contributed by atoms with E-state index < -0.39 is 0 Å². The van der Waals surface area contributed by atoms with Gasteiger partial charge < -0.3 is 0 Å². The topological polar surface area (TPSA) is 0 Å². The summed E-state index contributed by atoms with van der Waals surface area (Å²) in [4.78, 5) is 0. The molecule has 82 valence electrons. The number of alkyl halides is 1. The Morgan fingerprint density at radius 1 is 1.53 bits per heavy atom. The van der Waals surface area contributed by atoms with E-state index in [2.05, 4.69) is 22.5 Å². The predicted molar refractivity (Wildman–Crippen MR) is 66.8 cm³/mol. The highest BCUT2D eigenvalue weighted by atomic mass is 79.9. The molecule has 0 aromatic heterocycles. The Hall–Kier alpha value is -0.340. The normalized spacial score (nSPS) is 14.7. The van der Waals surface area contributed by atoms with Gasteiger partial charge in [-0.2, -0.15) is 0 Å². The highest BCUT2D eigenvalue weighted by molar-refractivity contribution is 9.10. The van der Waals surface area contributed by atoms with Gasteiger partial charge in [-0.25, -0.2) is 4.39 Å². The zero-order chi connectivity index (χ0) is 11.5. The van der Waals surface area contributed by atoms with E-state index >= 15 is 0 Å². The minimum Gasteiger partial charge on any atom is -0.207 e. The zero-order valence-corrected chi connectivity index (χ0v) is 10.9. The van der Waals surface area contributed by atoms with Gasteiger partial charge in [-0.15, -0.1) is 18.2 Å². The van der Waals surface area contributed by atoms with Gasteiger partial charge in [-0.3, -0.25) is 0 Å². The molecule has 15 heavy (non-hydrogen) atoms. The fourth-order valence-corrected chi connectivity index (χ4v) is 2.07. The number of benzene rings is 1. The molecule has 1 aromatic rings. The number of hydrogen-bond donors (Lipinski definition) is 0. The number of halogens is 3. The standard InChI is InChI=1S/C12H13BrClF/c1-3-12(2,8-14)7-9-4-10(13)6-11(15)5-9/h3-6H,1,7-8H2,2H3. The third kappa shape index (κ3) is 3.62. The van der Waals surface area contributed by atoms with Crippen LogP contribution in [0.1, 0.15) is 12.5 Å². The third-order valence-electron chi connectivity index (χ3n) is 2.33. The summed E-state index contributed by atoms with van der Waals surface area (Å²) in [5.74, 6) is 0.241. The molecule has 0 fully saturated rings. The first kappa shape index (κ1) is 12.7. The van der Waals surface area contributed by atoms with Gasteiger partial charge in [0.05, 0.1) is 0 Å². The minimum atomic E-state index is -0.236. The van der Waals surface area contributed by atoms with Crippen LogP contribution in [-0.2, 0) is 6.42 Å². The average molecular weight is 292 g/mol. The van der Waals surface area contributed by atoms with E-state index in [4.69, 9.17) is 11.6 Å². The summed E-state index contributed by atoms with van der Waals surface area (Å²) in [5.41, 5.74) is 0.736. The second-order valence-corrected chi connectivity index (χ2v) is 5.13. The summed E-state index contributed by atoms with van der Waals surface area (Å²) >= 11 is 9.13. The Balaban J connectivity index is 2.93. The third-order valence-corrected chi connectivity index (χ3v) is 3.40. The van der Waals surface area contributed by atoms with Crippen LogP contribution in [0.3, 0.4) is 0 Å². The highest BCUT2D eigenvalue weighted by Gasteiger charge is 2.19. The van der Waals surface area contributed by atoms with Crippen LogP contribution in [0.5, 0.6) is 0 Å². The molecule has 0 bridgehead atoms. The van der Waals surface area contributed by atoms with Crippen molar-refractivity contribution < 1.29 is 4.39 Å². The summed E-state index contributed by atoms with van der Waals surface area (Å²) in [5, 5.41) is 0. The fraction of sp³-hybridized carbons (Fsp3) is 0.333. The van der Waals surface area contributed by atoms with Crippen LogP contribution in [0.15, 0.2) is 35.3 Å². The molecule has 0 nitrogen and oxygen atoms in total. The smallest absolute Gasteiger partial charge is 0.124 e. The fourth-order valence-electron chi connectivity index (χ4n) is 1.35. The molecule has 1 aromatic carbocycles. The van der Waals surface area contributed by atoms with Crippen LogP contribution in [0, 0.1) is 11.2 Å². The maximum absolute atomic E-state index is 13.1. The molecular weight excluding hydrogens is 278 g/mol. The second kappa shape index (κ2) is 5.13. The highest BCUT2D eigenvalue weighted by Crippen LogP contribution is 2.27. The van der Waals surface area contributed by atoms with Crippen molar-refractivity contribution in [1.29, 1.82) is 0 Å². The Bertz CT molecular complexity index is 344. The molecule has 1 unspecified atom stereocenters. The molecule has 0 radical (unpaired) electrons. The summed E-state index contributed by atoms with van der Waals surface area (Å²) < 4.78 is 13.9. The zero-order valence-electron chi connectivity index (χ0n) is 8.56. The largest absolute Gasteiger partial charge is 0.207 e. The van der Waals surface area contributed by atoms with Crippen LogP contribution in [0.25, 0.3) is 0 Å². The average Bonchev–Trinajstić information content (AvgIpc) is 2.16. The number of allylic oxidation sites excluding steroid dienone is 1. The molecule has 0 saturated heterocycles. The van der Waals surface area contributed by atoms with Crippen LogP contribution in [0.2, 0.25) is 0 Å². The van der Waals surface area contributed by atoms with E-state index in [1.807, 2.05) is 19.1 Å². The SMILES string of the molecule is C=CC(C)(CCl)Cc1cc(F)cc(Br)c1. The molecule has 0 aliphatic carbocycles. The molecular formula is C12H13BrClF. The van der Waals surface area contributed by atoms with Crippen molar-refractivity contribution >= 4 is 27.5 Å². The molecule has 0 N–H and O–H groups in total. The molecule has 0 saturated carbocycles. The van der Waals surface area contributed by atoms with Crippen molar-refractivity contribution in [1.82, 2.24) is 0 Å². The van der Waals surface area contributed by atoms with Crippen molar-refractivity contribution in [3.8, 4) is 0 Å². The molecule has 3 heteroatoms. The first-order valence-electron chi connectivity index (χ1n) is 4.63. The van der Waals surface area contributed by atoms with Crippen LogP contribution in [-0.4, -0.2) is 5.88 Å². The lowest BCUT2D eigenvalue weighted by molar-refractivity contribution is 0.484. The summed E-state index contributed by atoms with van der Waals surface area (Å²) in [6.45, 7) is 5.76. The quantitative estimate of drug-likeness (QED) is 0.563. The van der Waals surface area contributed by atoms with E-state index in [0.717, 1.165) is 10.0 Å². The summed E-state index contributed by atoms with van der Waals surface area (Å²) in [6, 6.07) is 4.87. The van der Waals surface area contributed by atoms with Gasteiger partial charge in [-0.1, -0.05) is 28.9 Å². The van der Waals surface area contributed by atoms with Crippen molar-refractivity contribution in [2.75, 3.05) is 5.88 Å². The van der Waals surface area contributed by atoms with Crippen LogP contribution in [0.4, 0.5) is 4.39 Å². The van der Waals surface area contributed by atoms with Gasteiger partial charge in [0.15, 0.2) is 0 Å². The maximum atomic E-state index is 13.1. The van der Waals surface area contributed by atoms with E-state index in [9.17, 15) is 4.39 Å². The van der Waals surface area contributed by atoms with Gasteiger partial charge in [0.2, 0.25) is 0 Å². The lowest BCUT2D eigenvalue weighted by atomic mass is 9.86. The Morgan fingerprint density at radius 2 is 2.20 bits per heavy atom. The van der Waals surface area contributed by atoms with Crippen LogP contribution >= 0.6 is 27.5 Å². The van der Waals surface area contributed by atoms with Gasteiger partial charge >= 0.3 is 0 Å². The Kier molecular flexibility index (Phi) is 4.35. The van der Waals surface area contributed by atoms with Gasteiger partial charge in [0, 0.05) is 15.8 Å². The van der Waals surface area contributed by atoms with Crippen molar-refractivity contribution in [2.24, 2.45) is 5.41 Å². The molecule has 1 atom stereocenters. The molecule has 0 amide bonds. The van der Waals surface area contributed by atoms with E-state index in [0.29, 0.717) is 12.3 Å². The second-order valence-electron chi connectivity index (χ2n) is 3.95. The summed E-state index contributed by atoms with van der Waals surface area (Å²) in [6.07, 6.45) is 2.51. The molecule has 0 aliphatic heterocycles. The van der Waals surface area contributed by atoms with E-state index in [1.54, 1.807) is 0 Å². The Labute approximate surface area is 103 Å². The van der Waals surface area contributed by atoms with Gasteiger partial charge in [0.1, 0.15) is 5.82 Å². The maximum Gasteiger partial charge on any atom is 0.124 e. The van der Waals surface area contributed by atoms with Crippen molar-refractivity contribution in [2.45, 2.75) is 13.3 Å². The van der Waals surface area contributed by atoms with Crippen LogP contribution < -0.4 is 0 Å². The van der Waals surface area contributed by atoms with Crippen molar-refractivity contribution in [3.63, 3.8) is 0 Å². The number of rotatable bonds is 4.